The lowest BCUT2D eigenvalue weighted by Gasteiger charge is -1.84. The third-order valence-electron chi connectivity index (χ3n) is 1.48. The van der Waals surface area contributed by atoms with Gasteiger partial charge >= 0.3 is 0 Å². The van der Waals surface area contributed by atoms with Gasteiger partial charge in [-0.2, -0.15) is 0 Å². The first-order chi connectivity index (χ1) is 5.40. The Morgan fingerprint density at radius 2 is 2.18 bits per heavy atom. The number of aromatic nitrogens is 2. The number of H-pyrrole nitrogens is 1. The Kier molecular flexibility index (Phi) is 1.69. The highest BCUT2D eigenvalue weighted by molar-refractivity contribution is 14.1. The molecule has 0 amide bonds. The zero-order valence-corrected chi connectivity index (χ0v) is 7.79. The summed E-state index contributed by atoms with van der Waals surface area (Å²) in [6.07, 6.45) is 0. The molecule has 0 aliphatic carbocycles. The van der Waals surface area contributed by atoms with Crippen molar-refractivity contribution in [3.05, 3.63) is 24.3 Å². The van der Waals surface area contributed by atoms with Crippen LogP contribution < -0.4 is 3.53 Å². The van der Waals surface area contributed by atoms with E-state index in [0.29, 0.717) is 0 Å². The van der Waals surface area contributed by atoms with E-state index < -0.39 is 0 Å². The lowest BCUT2D eigenvalue weighted by molar-refractivity contribution is 1.36. The van der Waals surface area contributed by atoms with Crippen LogP contribution in [0, 0.1) is 0 Å². The van der Waals surface area contributed by atoms with E-state index in [1.54, 1.807) is 0 Å². The molecule has 11 heavy (non-hydrogen) atoms. The molecule has 0 radical (unpaired) electrons. The summed E-state index contributed by atoms with van der Waals surface area (Å²) in [6.45, 7) is 0. The molecule has 2 N–H and O–H groups in total. The number of rotatable bonds is 1. The highest BCUT2D eigenvalue weighted by Crippen LogP contribution is 2.13. The molecule has 0 unspecified atom stereocenters. The zero-order valence-electron chi connectivity index (χ0n) is 5.63. The number of anilines is 1. The SMILES string of the molecule is INc1nc2ccccc2[nH]1. The fraction of sp³-hybridized carbons (Fsp3) is 0. The fourth-order valence-corrected chi connectivity index (χ4v) is 1.25. The highest BCUT2D eigenvalue weighted by atomic mass is 127. The van der Waals surface area contributed by atoms with Crippen LogP contribution in [0.2, 0.25) is 0 Å². The van der Waals surface area contributed by atoms with Gasteiger partial charge in [-0.3, -0.25) is 3.53 Å². The summed E-state index contributed by atoms with van der Waals surface area (Å²) in [5.74, 6) is 0.798. The van der Waals surface area contributed by atoms with Crippen molar-refractivity contribution in [3.8, 4) is 0 Å². The number of hydrogen-bond donors (Lipinski definition) is 2. The van der Waals surface area contributed by atoms with Gasteiger partial charge in [0.15, 0.2) is 0 Å². The van der Waals surface area contributed by atoms with Gasteiger partial charge in [-0.1, -0.05) is 12.1 Å². The van der Waals surface area contributed by atoms with Crippen molar-refractivity contribution in [1.82, 2.24) is 9.97 Å². The number of imidazole rings is 1. The summed E-state index contributed by atoms with van der Waals surface area (Å²) in [5.41, 5.74) is 2.05. The van der Waals surface area contributed by atoms with Crippen LogP contribution in [0.4, 0.5) is 5.95 Å². The lowest BCUT2D eigenvalue weighted by Crippen LogP contribution is -1.78. The van der Waals surface area contributed by atoms with Gasteiger partial charge < -0.3 is 4.98 Å². The third kappa shape index (κ3) is 1.18. The lowest BCUT2D eigenvalue weighted by atomic mass is 10.3. The minimum absolute atomic E-state index is 0.798. The summed E-state index contributed by atoms with van der Waals surface area (Å²) in [5, 5.41) is 0. The molecule has 0 saturated carbocycles. The van der Waals surface area contributed by atoms with Gasteiger partial charge in [-0.05, 0) is 12.1 Å². The average molecular weight is 259 g/mol. The van der Waals surface area contributed by atoms with E-state index in [2.05, 4.69) is 13.5 Å². The van der Waals surface area contributed by atoms with Crippen LogP contribution in [0.15, 0.2) is 24.3 Å². The normalized spacial score (nSPS) is 10.3. The number of hydrogen-bond acceptors (Lipinski definition) is 2. The molecule has 0 saturated heterocycles. The number of aromatic amines is 1. The second kappa shape index (κ2) is 2.69. The first-order valence-corrected chi connectivity index (χ1v) is 4.29. The van der Waals surface area contributed by atoms with Crippen LogP contribution in [-0.2, 0) is 0 Å². The summed E-state index contributed by atoms with van der Waals surface area (Å²) in [6, 6.07) is 7.93. The molecule has 1 heterocycles. The molecule has 4 heteroatoms. The first kappa shape index (κ1) is 6.90. The van der Waals surface area contributed by atoms with Crippen molar-refractivity contribution in [2.75, 3.05) is 3.53 Å². The monoisotopic (exact) mass is 259 g/mol. The molecule has 0 aliphatic heterocycles. The maximum Gasteiger partial charge on any atom is 0.210 e. The molecule has 2 aromatic rings. The number of benzene rings is 1. The van der Waals surface area contributed by atoms with Crippen LogP contribution in [-0.4, -0.2) is 9.97 Å². The molecule has 0 bridgehead atoms. The van der Waals surface area contributed by atoms with Crippen molar-refractivity contribution in [3.63, 3.8) is 0 Å². The van der Waals surface area contributed by atoms with Crippen molar-refractivity contribution in [2.45, 2.75) is 0 Å². The van der Waals surface area contributed by atoms with Gasteiger partial charge in [-0.25, -0.2) is 4.98 Å². The maximum atomic E-state index is 4.26. The van der Waals surface area contributed by atoms with Crippen LogP contribution in [0.5, 0.6) is 0 Å². The topological polar surface area (TPSA) is 40.7 Å². The Bertz CT molecular complexity index is 335. The first-order valence-electron chi connectivity index (χ1n) is 3.21. The van der Waals surface area contributed by atoms with Gasteiger partial charge in [0.2, 0.25) is 5.95 Å². The second-order valence-electron chi connectivity index (χ2n) is 2.20. The highest BCUT2D eigenvalue weighted by Gasteiger charge is 1.97. The van der Waals surface area contributed by atoms with E-state index in [1.807, 2.05) is 47.1 Å². The van der Waals surface area contributed by atoms with Gasteiger partial charge in [0.25, 0.3) is 0 Å². The molecule has 0 spiro atoms. The van der Waals surface area contributed by atoms with Gasteiger partial charge in [-0.15, -0.1) is 0 Å². The smallest absolute Gasteiger partial charge is 0.210 e. The largest absolute Gasteiger partial charge is 0.324 e. The van der Waals surface area contributed by atoms with E-state index >= 15 is 0 Å². The molecular weight excluding hydrogens is 253 g/mol. The number of nitrogens with one attached hydrogen (secondary N) is 2. The van der Waals surface area contributed by atoms with E-state index in [1.165, 1.54) is 0 Å². The van der Waals surface area contributed by atoms with Crippen LogP contribution in [0.1, 0.15) is 0 Å². The zero-order chi connectivity index (χ0) is 7.68. The van der Waals surface area contributed by atoms with Gasteiger partial charge in [0.05, 0.1) is 33.9 Å². The predicted octanol–water partition coefficient (Wildman–Crippen LogP) is 2.32. The Hall–Kier alpha value is -0.780. The van der Waals surface area contributed by atoms with Crippen molar-refractivity contribution < 1.29 is 0 Å². The number of para-hydroxylation sites is 2. The maximum absolute atomic E-state index is 4.26. The Balaban J connectivity index is 2.69. The third-order valence-corrected chi connectivity index (χ3v) is 1.99. The van der Waals surface area contributed by atoms with Crippen molar-refractivity contribution in [2.24, 2.45) is 0 Å². The number of halogens is 1. The quantitative estimate of drug-likeness (QED) is 0.609. The molecule has 0 fully saturated rings. The predicted molar refractivity (Wildman–Crippen MR) is 53.7 cm³/mol. The van der Waals surface area contributed by atoms with Gasteiger partial charge in [0.1, 0.15) is 0 Å². The Morgan fingerprint density at radius 1 is 1.36 bits per heavy atom. The summed E-state index contributed by atoms with van der Waals surface area (Å²) in [7, 11) is 0. The second-order valence-corrected chi connectivity index (χ2v) is 2.74. The standard InChI is InChI=1S/C7H6IN3/c8-11-7-9-5-3-1-2-4-6(5)10-7/h1-4H,(H2,9,10,11). The van der Waals surface area contributed by atoms with Crippen molar-refractivity contribution >= 4 is 39.8 Å². The van der Waals surface area contributed by atoms with E-state index in [0.717, 1.165) is 17.0 Å². The van der Waals surface area contributed by atoms with E-state index in [9.17, 15) is 0 Å². The fourth-order valence-electron chi connectivity index (χ4n) is 0.998. The summed E-state index contributed by atoms with van der Waals surface area (Å²) in [4.78, 5) is 7.37. The molecule has 1 aromatic heterocycles. The summed E-state index contributed by atoms with van der Waals surface area (Å²) >= 11 is 2.04. The number of nitrogens with zero attached hydrogens (tertiary/aromatic N) is 1. The molecular formula is C7H6IN3. The average Bonchev–Trinajstić information content (AvgIpc) is 2.46. The molecule has 56 valence electrons. The van der Waals surface area contributed by atoms with E-state index in [4.69, 9.17) is 0 Å². The summed E-state index contributed by atoms with van der Waals surface area (Å²) < 4.78 is 2.92. The van der Waals surface area contributed by atoms with Crippen molar-refractivity contribution in [1.29, 1.82) is 0 Å². The Morgan fingerprint density at radius 3 is 2.91 bits per heavy atom. The minimum atomic E-state index is 0.798. The molecule has 3 nitrogen and oxygen atoms in total. The van der Waals surface area contributed by atoms with Crippen LogP contribution >= 0.6 is 22.9 Å². The molecule has 2 rings (SSSR count). The molecule has 1 aromatic carbocycles. The minimum Gasteiger partial charge on any atom is -0.324 e. The molecule has 0 aliphatic rings. The van der Waals surface area contributed by atoms with Crippen LogP contribution in [0.25, 0.3) is 11.0 Å². The van der Waals surface area contributed by atoms with E-state index in [-0.39, 0.29) is 0 Å². The van der Waals surface area contributed by atoms with Crippen LogP contribution in [0.3, 0.4) is 0 Å². The Labute approximate surface area is 77.7 Å². The number of fused-ring (bicyclic) bond motifs is 1. The van der Waals surface area contributed by atoms with Gasteiger partial charge in [0, 0.05) is 0 Å². The molecule has 0 atom stereocenters.